The lowest BCUT2D eigenvalue weighted by Gasteiger charge is -2.15. The molecule has 1 N–H and O–H groups in total. The number of halogens is 1. The van der Waals surface area contributed by atoms with Crippen LogP contribution in [0.3, 0.4) is 0 Å². The second-order valence-corrected chi connectivity index (χ2v) is 7.01. The summed E-state index contributed by atoms with van der Waals surface area (Å²) in [5.41, 5.74) is 4.20. The molecular weight excluding hydrogens is 398 g/mol. The van der Waals surface area contributed by atoms with Gasteiger partial charge in [0.15, 0.2) is 11.6 Å². The van der Waals surface area contributed by atoms with E-state index < -0.39 is 0 Å². The van der Waals surface area contributed by atoms with Gasteiger partial charge in [-0.2, -0.15) is 0 Å². The minimum atomic E-state index is 0. The molecule has 158 valence electrons. The molecule has 2 aromatic carbocycles. The summed E-state index contributed by atoms with van der Waals surface area (Å²) in [5.74, 6) is 1.52. The number of phenols is 1. The first-order valence-corrected chi connectivity index (χ1v) is 9.76. The molecule has 0 fully saturated rings. The number of aromatic hydroxyl groups is 1. The molecule has 30 heavy (non-hydrogen) atoms. The lowest BCUT2D eigenvalue weighted by molar-refractivity contribution is 0.260. The summed E-state index contributed by atoms with van der Waals surface area (Å²) in [7, 11) is 4.01. The largest absolute Gasteiger partial charge is 0.508 e. The Labute approximate surface area is 184 Å². The van der Waals surface area contributed by atoms with Crippen LogP contribution >= 0.6 is 12.4 Å². The minimum Gasteiger partial charge on any atom is -0.508 e. The molecule has 0 aliphatic heterocycles. The molecule has 3 aromatic rings. The third-order valence-electron chi connectivity index (χ3n) is 4.59. The summed E-state index contributed by atoms with van der Waals surface area (Å²) in [6.45, 7) is 3.54. The van der Waals surface area contributed by atoms with Gasteiger partial charge in [0.05, 0.1) is 12.4 Å². The van der Waals surface area contributed by atoms with E-state index in [1.165, 1.54) is 0 Å². The zero-order valence-electron chi connectivity index (χ0n) is 17.6. The van der Waals surface area contributed by atoms with Gasteiger partial charge in [-0.3, -0.25) is 0 Å². The number of allylic oxidation sites excluding steroid dienone is 1. The van der Waals surface area contributed by atoms with Crippen LogP contribution < -0.4 is 4.74 Å². The molecule has 0 spiro atoms. The molecule has 0 amide bonds. The number of rotatable bonds is 8. The highest BCUT2D eigenvalue weighted by molar-refractivity contribution is 5.96. The van der Waals surface area contributed by atoms with Crippen molar-refractivity contribution < 1.29 is 9.84 Å². The number of likely N-dealkylation sites (N-methyl/N-ethyl adjacent to an activating group) is 1. The van der Waals surface area contributed by atoms with Crippen LogP contribution in [-0.4, -0.2) is 47.2 Å². The Morgan fingerprint density at radius 3 is 2.13 bits per heavy atom. The summed E-state index contributed by atoms with van der Waals surface area (Å²) in [4.78, 5) is 11.3. The van der Waals surface area contributed by atoms with Gasteiger partial charge in [0.25, 0.3) is 0 Å². The predicted octanol–water partition coefficient (Wildman–Crippen LogP) is 4.91. The van der Waals surface area contributed by atoms with E-state index >= 15 is 0 Å². The third kappa shape index (κ3) is 6.05. The van der Waals surface area contributed by atoms with E-state index in [0.717, 1.165) is 35.2 Å². The Kier molecular flexibility index (Phi) is 8.84. The van der Waals surface area contributed by atoms with Gasteiger partial charge < -0.3 is 14.7 Å². The highest BCUT2D eigenvalue weighted by Gasteiger charge is 2.15. The lowest BCUT2D eigenvalue weighted by atomic mass is 9.92. The Morgan fingerprint density at radius 1 is 0.933 bits per heavy atom. The summed E-state index contributed by atoms with van der Waals surface area (Å²) < 4.78 is 5.73. The fourth-order valence-electron chi connectivity index (χ4n) is 3.10. The molecule has 3 rings (SSSR count). The summed E-state index contributed by atoms with van der Waals surface area (Å²) in [5, 5.41) is 9.71. The first kappa shape index (κ1) is 23.4. The van der Waals surface area contributed by atoms with Crippen molar-refractivity contribution in [2.24, 2.45) is 0 Å². The second-order valence-electron chi connectivity index (χ2n) is 7.01. The first-order chi connectivity index (χ1) is 14.1. The summed E-state index contributed by atoms with van der Waals surface area (Å²) in [6, 6.07) is 17.4. The lowest BCUT2D eigenvalue weighted by Crippen LogP contribution is -2.19. The van der Waals surface area contributed by atoms with Crippen LogP contribution in [-0.2, 0) is 0 Å². The predicted molar refractivity (Wildman–Crippen MR) is 124 cm³/mol. The van der Waals surface area contributed by atoms with E-state index in [4.69, 9.17) is 4.74 Å². The molecular formula is C24H28ClN3O2. The van der Waals surface area contributed by atoms with Crippen molar-refractivity contribution in [1.29, 1.82) is 0 Å². The molecule has 0 aliphatic carbocycles. The van der Waals surface area contributed by atoms with Crippen molar-refractivity contribution in [3.8, 4) is 11.5 Å². The molecule has 0 aliphatic rings. The average Bonchev–Trinajstić information content (AvgIpc) is 2.74. The molecule has 1 heterocycles. The quantitative estimate of drug-likeness (QED) is 0.519. The van der Waals surface area contributed by atoms with Crippen LogP contribution in [0.5, 0.6) is 11.5 Å². The van der Waals surface area contributed by atoms with Gasteiger partial charge in [-0.05, 0) is 49.3 Å². The van der Waals surface area contributed by atoms with Crippen LogP contribution in [0.15, 0.2) is 67.0 Å². The normalized spacial score (nSPS) is 11.6. The molecule has 5 nitrogen and oxygen atoms in total. The molecule has 0 radical (unpaired) electrons. The number of aromatic nitrogens is 2. The van der Waals surface area contributed by atoms with Crippen LogP contribution in [0.1, 0.15) is 30.3 Å². The highest BCUT2D eigenvalue weighted by atomic mass is 35.5. The van der Waals surface area contributed by atoms with Gasteiger partial charge in [0.2, 0.25) is 0 Å². The maximum atomic E-state index is 9.71. The Bertz CT molecular complexity index is 940. The zero-order valence-corrected chi connectivity index (χ0v) is 18.4. The SMILES string of the molecule is CCC(=C(c1ccc(O)cc1)c1ncc(OCCN(C)C)cn1)c1ccccc1.Cl. The van der Waals surface area contributed by atoms with Crippen LogP contribution in [0, 0.1) is 0 Å². The number of hydrogen-bond donors (Lipinski definition) is 1. The van der Waals surface area contributed by atoms with Gasteiger partial charge in [-0.1, -0.05) is 49.4 Å². The van der Waals surface area contributed by atoms with Crippen molar-refractivity contribution in [3.05, 3.63) is 83.9 Å². The van der Waals surface area contributed by atoms with Crippen LogP contribution in [0.2, 0.25) is 0 Å². The monoisotopic (exact) mass is 425 g/mol. The second kappa shape index (κ2) is 11.3. The number of hydrogen-bond acceptors (Lipinski definition) is 5. The van der Waals surface area contributed by atoms with Crippen molar-refractivity contribution in [3.63, 3.8) is 0 Å². The molecule has 0 saturated carbocycles. The van der Waals surface area contributed by atoms with Crippen LogP contribution in [0.4, 0.5) is 0 Å². The van der Waals surface area contributed by atoms with Crippen molar-refractivity contribution in [2.45, 2.75) is 13.3 Å². The molecule has 0 atom stereocenters. The smallest absolute Gasteiger partial charge is 0.160 e. The molecule has 0 unspecified atom stereocenters. The Balaban J connectivity index is 0.00000320. The van der Waals surface area contributed by atoms with Gasteiger partial charge in [-0.15, -0.1) is 12.4 Å². The third-order valence-corrected chi connectivity index (χ3v) is 4.59. The maximum Gasteiger partial charge on any atom is 0.160 e. The average molecular weight is 426 g/mol. The van der Waals surface area contributed by atoms with Gasteiger partial charge >= 0.3 is 0 Å². The number of ether oxygens (including phenoxy) is 1. The molecule has 0 saturated heterocycles. The van der Waals surface area contributed by atoms with E-state index in [2.05, 4.69) is 33.9 Å². The fourth-order valence-corrected chi connectivity index (χ4v) is 3.10. The van der Waals surface area contributed by atoms with E-state index in [-0.39, 0.29) is 18.2 Å². The minimum absolute atomic E-state index is 0. The van der Waals surface area contributed by atoms with Crippen LogP contribution in [0.25, 0.3) is 11.1 Å². The summed E-state index contributed by atoms with van der Waals surface area (Å²) in [6.07, 6.45) is 4.26. The van der Waals surface area contributed by atoms with Crippen molar-refractivity contribution in [1.82, 2.24) is 14.9 Å². The Morgan fingerprint density at radius 2 is 1.57 bits per heavy atom. The first-order valence-electron chi connectivity index (χ1n) is 9.76. The number of nitrogens with zero attached hydrogens (tertiary/aromatic N) is 3. The van der Waals surface area contributed by atoms with Gasteiger partial charge in [0, 0.05) is 12.1 Å². The fraction of sp³-hybridized carbons (Fsp3) is 0.250. The Hall–Kier alpha value is -2.89. The molecule has 1 aromatic heterocycles. The maximum absolute atomic E-state index is 9.71. The van der Waals surface area contributed by atoms with E-state index in [1.54, 1.807) is 24.5 Å². The standard InChI is InChI=1S/C24H27N3O2.ClH/c1-4-22(18-8-6-5-7-9-18)23(19-10-12-20(28)13-11-19)24-25-16-21(17-26-24)29-15-14-27(2)3;/h5-13,16-17,28H,4,14-15H2,1-3H3;1H. The van der Waals surface area contributed by atoms with E-state index in [0.29, 0.717) is 18.2 Å². The zero-order chi connectivity index (χ0) is 20.6. The van der Waals surface area contributed by atoms with Crippen molar-refractivity contribution in [2.75, 3.05) is 27.2 Å². The topological polar surface area (TPSA) is 58.5 Å². The van der Waals surface area contributed by atoms with Gasteiger partial charge in [-0.25, -0.2) is 9.97 Å². The van der Waals surface area contributed by atoms with Gasteiger partial charge in [0.1, 0.15) is 12.4 Å². The number of benzene rings is 2. The number of phenolic OH excluding ortho intramolecular Hbond substituents is 1. The molecule has 0 bridgehead atoms. The van der Waals surface area contributed by atoms with E-state index in [1.807, 2.05) is 44.4 Å². The summed E-state index contributed by atoms with van der Waals surface area (Å²) >= 11 is 0. The van der Waals surface area contributed by atoms with E-state index in [9.17, 15) is 5.11 Å². The molecule has 6 heteroatoms. The van der Waals surface area contributed by atoms with Crippen molar-refractivity contribution >= 4 is 23.6 Å². The highest BCUT2D eigenvalue weighted by Crippen LogP contribution is 2.33.